The molecule has 156 valence electrons. The fourth-order valence-corrected chi connectivity index (χ4v) is 4.05. The number of esters is 1. The highest BCUT2D eigenvalue weighted by atomic mass is 35.5. The van der Waals surface area contributed by atoms with E-state index in [1.54, 1.807) is 6.92 Å². The molecule has 0 aliphatic carbocycles. The number of benzene rings is 2. The Morgan fingerprint density at radius 1 is 1.07 bits per heavy atom. The lowest BCUT2D eigenvalue weighted by Gasteiger charge is -2.23. The van der Waals surface area contributed by atoms with Gasteiger partial charge in [0.1, 0.15) is 6.54 Å². The van der Waals surface area contributed by atoms with E-state index in [-0.39, 0.29) is 33.6 Å². The largest absolute Gasteiger partial charge is 0.462 e. The van der Waals surface area contributed by atoms with Crippen molar-refractivity contribution in [1.82, 2.24) is 0 Å². The van der Waals surface area contributed by atoms with Gasteiger partial charge < -0.3 is 10.1 Å². The van der Waals surface area contributed by atoms with E-state index < -0.39 is 28.4 Å². The SMILES string of the molecule is CCOC(=O)c1ccc(NC(=O)CN(c2ccc(Cl)cc2Cl)S(C)(=O)=O)cc1Cl. The van der Waals surface area contributed by atoms with Crippen LogP contribution in [0.1, 0.15) is 17.3 Å². The Balaban J connectivity index is 2.21. The highest BCUT2D eigenvalue weighted by Crippen LogP contribution is 2.30. The molecule has 0 spiro atoms. The second-order valence-electron chi connectivity index (χ2n) is 5.83. The zero-order valence-corrected chi connectivity index (χ0v) is 18.5. The van der Waals surface area contributed by atoms with Gasteiger partial charge >= 0.3 is 5.97 Å². The molecule has 0 bridgehead atoms. The summed E-state index contributed by atoms with van der Waals surface area (Å²) in [5.74, 6) is -1.22. The summed E-state index contributed by atoms with van der Waals surface area (Å²) in [6.07, 6.45) is 0.955. The molecule has 2 aromatic rings. The molecule has 1 amide bonds. The summed E-state index contributed by atoms with van der Waals surface area (Å²) in [6.45, 7) is 1.33. The Labute approximate surface area is 183 Å². The van der Waals surface area contributed by atoms with Crippen LogP contribution in [0.2, 0.25) is 15.1 Å². The molecule has 0 aromatic heterocycles. The second kappa shape index (κ2) is 9.67. The molecule has 0 heterocycles. The number of amides is 1. The van der Waals surface area contributed by atoms with Crippen molar-refractivity contribution in [2.75, 3.05) is 29.0 Å². The molecule has 0 atom stereocenters. The fourth-order valence-electron chi connectivity index (χ4n) is 2.36. The predicted molar refractivity (Wildman–Crippen MR) is 115 cm³/mol. The van der Waals surface area contributed by atoms with Crippen molar-refractivity contribution in [2.45, 2.75) is 6.92 Å². The van der Waals surface area contributed by atoms with Gasteiger partial charge in [-0.05, 0) is 43.3 Å². The summed E-state index contributed by atoms with van der Waals surface area (Å²) < 4.78 is 30.1. The highest BCUT2D eigenvalue weighted by molar-refractivity contribution is 7.92. The van der Waals surface area contributed by atoms with Gasteiger partial charge in [-0.15, -0.1) is 0 Å². The number of halogens is 3. The number of ether oxygens (including phenoxy) is 1. The third kappa shape index (κ3) is 6.24. The van der Waals surface area contributed by atoms with Crippen molar-refractivity contribution >= 4 is 68.1 Å². The molecule has 11 heteroatoms. The minimum atomic E-state index is -3.82. The van der Waals surface area contributed by atoms with Crippen LogP contribution in [0.4, 0.5) is 11.4 Å². The number of nitrogens with one attached hydrogen (secondary N) is 1. The first-order valence-electron chi connectivity index (χ1n) is 8.22. The van der Waals surface area contributed by atoms with Crippen LogP contribution in [0.5, 0.6) is 0 Å². The minimum Gasteiger partial charge on any atom is -0.462 e. The smallest absolute Gasteiger partial charge is 0.339 e. The molecule has 0 radical (unpaired) electrons. The van der Waals surface area contributed by atoms with Gasteiger partial charge in [0, 0.05) is 10.7 Å². The van der Waals surface area contributed by atoms with Crippen LogP contribution in [0.3, 0.4) is 0 Å². The zero-order chi connectivity index (χ0) is 21.8. The lowest BCUT2D eigenvalue weighted by atomic mass is 10.2. The van der Waals surface area contributed by atoms with E-state index in [1.807, 2.05) is 0 Å². The summed E-state index contributed by atoms with van der Waals surface area (Å²) in [4.78, 5) is 24.2. The Bertz CT molecular complexity index is 1040. The number of hydrogen-bond acceptors (Lipinski definition) is 5. The van der Waals surface area contributed by atoms with Crippen LogP contribution in [0, 0.1) is 0 Å². The Hall–Kier alpha value is -2.00. The van der Waals surface area contributed by atoms with Gasteiger partial charge in [-0.25, -0.2) is 13.2 Å². The van der Waals surface area contributed by atoms with Crippen molar-refractivity contribution in [1.29, 1.82) is 0 Å². The summed E-state index contributed by atoms with van der Waals surface area (Å²) >= 11 is 18.0. The van der Waals surface area contributed by atoms with E-state index in [0.717, 1.165) is 10.6 Å². The van der Waals surface area contributed by atoms with Crippen molar-refractivity contribution in [3.05, 3.63) is 57.0 Å². The first-order chi connectivity index (χ1) is 13.5. The van der Waals surface area contributed by atoms with E-state index in [1.165, 1.54) is 36.4 Å². The Morgan fingerprint density at radius 3 is 2.31 bits per heavy atom. The van der Waals surface area contributed by atoms with Crippen molar-refractivity contribution in [3.8, 4) is 0 Å². The van der Waals surface area contributed by atoms with Gasteiger partial charge in [-0.3, -0.25) is 9.10 Å². The third-order valence-corrected chi connectivity index (χ3v) is 5.59. The first-order valence-corrected chi connectivity index (χ1v) is 11.2. The van der Waals surface area contributed by atoms with Crippen molar-refractivity contribution in [3.63, 3.8) is 0 Å². The Kier molecular flexibility index (Phi) is 7.76. The number of nitrogens with zero attached hydrogens (tertiary/aromatic N) is 1. The van der Waals surface area contributed by atoms with Crippen LogP contribution in [-0.4, -0.2) is 39.7 Å². The normalized spacial score (nSPS) is 11.1. The maximum absolute atomic E-state index is 12.4. The quantitative estimate of drug-likeness (QED) is 0.600. The monoisotopic (exact) mass is 478 g/mol. The molecule has 0 saturated carbocycles. The average molecular weight is 480 g/mol. The number of anilines is 2. The van der Waals surface area contributed by atoms with Crippen LogP contribution in [-0.2, 0) is 19.6 Å². The molecule has 2 aromatic carbocycles. The average Bonchev–Trinajstić information content (AvgIpc) is 2.59. The van der Waals surface area contributed by atoms with Crippen molar-refractivity contribution < 1.29 is 22.7 Å². The molecule has 0 aliphatic rings. The van der Waals surface area contributed by atoms with Crippen LogP contribution < -0.4 is 9.62 Å². The first kappa shape index (κ1) is 23.3. The maximum atomic E-state index is 12.4. The van der Waals surface area contributed by atoms with E-state index in [0.29, 0.717) is 5.02 Å². The molecular formula is C18H17Cl3N2O5S. The van der Waals surface area contributed by atoms with E-state index >= 15 is 0 Å². The van der Waals surface area contributed by atoms with E-state index in [4.69, 9.17) is 39.5 Å². The maximum Gasteiger partial charge on any atom is 0.339 e. The summed E-state index contributed by atoms with van der Waals surface area (Å²) in [5.41, 5.74) is 0.547. The summed E-state index contributed by atoms with van der Waals surface area (Å²) in [5, 5.41) is 3.03. The highest BCUT2D eigenvalue weighted by Gasteiger charge is 2.23. The molecule has 0 aliphatic heterocycles. The third-order valence-electron chi connectivity index (χ3n) is 3.61. The minimum absolute atomic E-state index is 0.0811. The van der Waals surface area contributed by atoms with Gasteiger partial charge in [0.15, 0.2) is 0 Å². The summed E-state index contributed by atoms with van der Waals surface area (Å²) in [7, 11) is -3.82. The number of hydrogen-bond donors (Lipinski definition) is 1. The van der Waals surface area contributed by atoms with Crippen LogP contribution in [0.25, 0.3) is 0 Å². The van der Waals surface area contributed by atoms with Gasteiger partial charge in [0.05, 0.1) is 34.2 Å². The summed E-state index contributed by atoms with van der Waals surface area (Å²) in [6, 6.07) is 8.47. The second-order valence-corrected chi connectivity index (χ2v) is 8.99. The fraction of sp³-hybridized carbons (Fsp3) is 0.222. The molecule has 0 fully saturated rings. The molecule has 0 saturated heterocycles. The van der Waals surface area contributed by atoms with Crippen molar-refractivity contribution in [2.24, 2.45) is 0 Å². The molecule has 1 N–H and O–H groups in total. The van der Waals surface area contributed by atoms with Crippen LogP contribution >= 0.6 is 34.8 Å². The predicted octanol–water partition coefficient (Wildman–Crippen LogP) is 4.23. The van der Waals surface area contributed by atoms with E-state index in [9.17, 15) is 18.0 Å². The Morgan fingerprint density at radius 2 is 1.76 bits per heavy atom. The van der Waals surface area contributed by atoms with Gasteiger partial charge in [0.25, 0.3) is 0 Å². The van der Waals surface area contributed by atoms with Crippen LogP contribution in [0.15, 0.2) is 36.4 Å². The number of carbonyl (C=O) groups excluding carboxylic acids is 2. The molecule has 0 unspecified atom stereocenters. The van der Waals surface area contributed by atoms with Gasteiger partial charge in [0.2, 0.25) is 15.9 Å². The number of rotatable bonds is 7. The van der Waals surface area contributed by atoms with Gasteiger partial charge in [-0.1, -0.05) is 34.8 Å². The molecule has 29 heavy (non-hydrogen) atoms. The lowest BCUT2D eigenvalue weighted by Crippen LogP contribution is -2.37. The topological polar surface area (TPSA) is 92.8 Å². The zero-order valence-electron chi connectivity index (χ0n) is 15.4. The van der Waals surface area contributed by atoms with E-state index in [2.05, 4.69) is 5.32 Å². The molecule has 7 nitrogen and oxygen atoms in total. The lowest BCUT2D eigenvalue weighted by molar-refractivity contribution is -0.114. The number of sulfonamides is 1. The van der Waals surface area contributed by atoms with Gasteiger partial charge in [-0.2, -0.15) is 0 Å². The number of carbonyl (C=O) groups is 2. The molecule has 2 rings (SSSR count). The standard InChI is InChI=1S/C18H17Cl3N2O5S/c1-3-28-18(25)13-6-5-12(9-14(13)20)22-17(24)10-23(29(2,26)27)16-7-4-11(19)8-15(16)21/h4-9H,3,10H2,1-2H3,(H,22,24). The molecular weight excluding hydrogens is 463 g/mol.